The number of amides is 2. The van der Waals surface area contributed by atoms with E-state index in [2.05, 4.69) is 10.6 Å². The molecule has 0 aliphatic rings. The zero-order chi connectivity index (χ0) is 16.8. The second kappa shape index (κ2) is 8.39. The lowest BCUT2D eigenvalue weighted by atomic mass is 9.96. The third-order valence-electron chi connectivity index (χ3n) is 3.04. The molecule has 4 nitrogen and oxygen atoms in total. The minimum Gasteiger partial charge on any atom is -0.356 e. The maximum Gasteiger partial charge on any atom is 0.225 e. The molecule has 2 amide bonds. The third kappa shape index (κ3) is 6.67. The molecule has 0 aromatic heterocycles. The topological polar surface area (TPSA) is 58.2 Å². The van der Waals surface area contributed by atoms with E-state index in [1.54, 1.807) is 18.2 Å². The van der Waals surface area contributed by atoms with E-state index < -0.39 is 5.41 Å². The van der Waals surface area contributed by atoms with Crippen molar-refractivity contribution < 1.29 is 9.59 Å². The number of benzene rings is 1. The third-order valence-corrected chi connectivity index (χ3v) is 3.63. The second-order valence-electron chi connectivity index (χ2n) is 6.12. The van der Waals surface area contributed by atoms with Gasteiger partial charge in [0.2, 0.25) is 11.8 Å². The van der Waals surface area contributed by atoms with Gasteiger partial charge in [-0.1, -0.05) is 50.0 Å². The van der Waals surface area contributed by atoms with Crippen molar-refractivity contribution in [1.82, 2.24) is 10.6 Å². The largest absolute Gasteiger partial charge is 0.356 e. The van der Waals surface area contributed by atoms with Crippen LogP contribution in [0.5, 0.6) is 0 Å². The van der Waals surface area contributed by atoms with Gasteiger partial charge in [0.1, 0.15) is 0 Å². The van der Waals surface area contributed by atoms with Crippen LogP contribution >= 0.6 is 23.2 Å². The summed E-state index contributed by atoms with van der Waals surface area (Å²) >= 11 is 11.8. The molecule has 0 radical (unpaired) electrons. The Balaban J connectivity index is 2.25. The molecule has 1 aromatic carbocycles. The average Bonchev–Trinajstić information content (AvgIpc) is 2.41. The number of carbonyl (C=O) groups excluding carboxylic acids is 2. The molecule has 0 atom stereocenters. The normalized spacial score (nSPS) is 11.1. The molecule has 0 spiro atoms. The van der Waals surface area contributed by atoms with Crippen LogP contribution in [0.25, 0.3) is 0 Å². The predicted octanol–water partition coefficient (Wildman–Crippen LogP) is 3.55. The van der Waals surface area contributed by atoms with E-state index in [9.17, 15) is 9.59 Å². The van der Waals surface area contributed by atoms with Crippen LogP contribution in [0.3, 0.4) is 0 Å². The summed E-state index contributed by atoms with van der Waals surface area (Å²) in [5, 5.41) is 6.71. The van der Waals surface area contributed by atoms with Gasteiger partial charge in [0.25, 0.3) is 0 Å². The van der Waals surface area contributed by atoms with E-state index in [0.717, 1.165) is 5.56 Å². The van der Waals surface area contributed by atoms with Gasteiger partial charge in [0.05, 0.1) is 0 Å². The van der Waals surface area contributed by atoms with Crippen LogP contribution in [-0.4, -0.2) is 18.4 Å². The smallest absolute Gasteiger partial charge is 0.225 e. The summed E-state index contributed by atoms with van der Waals surface area (Å²) in [5.74, 6) is -0.0862. The Labute approximate surface area is 141 Å². The van der Waals surface area contributed by atoms with Gasteiger partial charge in [0, 0.05) is 35.0 Å². The molecule has 0 saturated heterocycles. The molecule has 0 heterocycles. The van der Waals surface area contributed by atoms with E-state index in [0.29, 0.717) is 36.0 Å². The summed E-state index contributed by atoms with van der Waals surface area (Å²) < 4.78 is 0. The van der Waals surface area contributed by atoms with Crippen molar-refractivity contribution >= 4 is 35.0 Å². The van der Waals surface area contributed by atoms with Crippen molar-refractivity contribution in [3.8, 4) is 0 Å². The lowest BCUT2D eigenvalue weighted by Crippen LogP contribution is -2.35. The molecule has 2 N–H and O–H groups in total. The molecule has 0 fully saturated rings. The Morgan fingerprint density at radius 2 is 1.82 bits per heavy atom. The van der Waals surface area contributed by atoms with Crippen molar-refractivity contribution in [3.05, 3.63) is 33.8 Å². The summed E-state index contributed by atoms with van der Waals surface area (Å²) in [7, 11) is 0. The van der Waals surface area contributed by atoms with Gasteiger partial charge in [0.15, 0.2) is 0 Å². The van der Waals surface area contributed by atoms with Crippen molar-refractivity contribution in [3.63, 3.8) is 0 Å². The van der Waals surface area contributed by atoms with Gasteiger partial charge in [-0.3, -0.25) is 9.59 Å². The van der Waals surface area contributed by atoms with E-state index >= 15 is 0 Å². The minimum atomic E-state index is -0.409. The summed E-state index contributed by atoms with van der Waals surface area (Å²) in [6.07, 6.45) is 0.956. The summed E-state index contributed by atoms with van der Waals surface area (Å²) in [6, 6.07) is 5.16. The van der Waals surface area contributed by atoms with Gasteiger partial charge in [-0.05, 0) is 24.1 Å². The van der Waals surface area contributed by atoms with Crippen LogP contribution in [0, 0.1) is 5.41 Å². The molecule has 0 saturated carbocycles. The Bertz CT molecular complexity index is 539. The molecule has 0 aliphatic heterocycles. The first-order valence-corrected chi connectivity index (χ1v) is 7.94. The highest BCUT2D eigenvalue weighted by Gasteiger charge is 2.20. The molecule has 22 heavy (non-hydrogen) atoms. The highest BCUT2D eigenvalue weighted by molar-refractivity contribution is 6.35. The molecule has 0 aliphatic carbocycles. The second-order valence-corrected chi connectivity index (χ2v) is 6.97. The van der Waals surface area contributed by atoms with Crippen molar-refractivity contribution in [1.29, 1.82) is 0 Å². The van der Waals surface area contributed by atoms with Gasteiger partial charge in [-0.15, -0.1) is 0 Å². The molecular formula is C16H22Cl2N2O2. The van der Waals surface area contributed by atoms with Crippen molar-refractivity contribution in [2.75, 3.05) is 6.54 Å². The Morgan fingerprint density at radius 3 is 2.41 bits per heavy atom. The fourth-order valence-electron chi connectivity index (χ4n) is 1.66. The van der Waals surface area contributed by atoms with E-state index in [4.69, 9.17) is 23.2 Å². The number of carbonyl (C=O) groups is 2. The first kappa shape index (κ1) is 18.8. The average molecular weight is 345 g/mol. The monoisotopic (exact) mass is 344 g/mol. The number of halogens is 2. The van der Waals surface area contributed by atoms with Crippen LogP contribution in [0.2, 0.25) is 10.0 Å². The highest BCUT2D eigenvalue weighted by atomic mass is 35.5. The minimum absolute atomic E-state index is 0.0131. The fourth-order valence-corrected chi connectivity index (χ4v) is 2.14. The highest BCUT2D eigenvalue weighted by Crippen LogP contribution is 2.20. The Morgan fingerprint density at radius 1 is 1.14 bits per heavy atom. The van der Waals surface area contributed by atoms with E-state index in [-0.39, 0.29) is 11.8 Å². The first-order chi connectivity index (χ1) is 10.2. The van der Waals surface area contributed by atoms with Gasteiger partial charge < -0.3 is 10.6 Å². The number of nitrogens with one attached hydrogen (secondary N) is 2. The zero-order valence-electron chi connectivity index (χ0n) is 13.1. The lowest BCUT2D eigenvalue weighted by molar-refractivity contribution is -0.128. The van der Waals surface area contributed by atoms with E-state index in [1.165, 1.54) is 0 Å². The molecule has 1 aromatic rings. The van der Waals surface area contributed by atoms with Crippen LogP contribution in [-0.2, 0) is 16.1 Å². The van der Waals surface area contributed by atoms with Gasteiger partial charge >= 0.3 is 0 Å². The number of hydrogen-bond acceptors (Lipinski definition) is 2. The fraction of sp³-hybridized carbons (Fsp3) is 0.500. The van der Waals surface area contributed by atoms with E-state index in [1.807, 2.05) is 20.8 Å². The van der Waals surface area contributed by atoms with Crippen molar-refractivity contribution in [2.45, 2.75) is 40.2 Å². The first-order valence-electron chi connectivity index (χ1n) is 7.19. The summed E-state index contributed by atoms with van der Waals surface area (Å²) in [4.78, 5) is 23.4. The lowest BCUT2D eigenvalue weighted by Gasteiger charge is -2.17. The Hall–Kier alpha value is -1.26. The zero-order valence-corrected chi connectivity index (χ0v) is 14.6. The molecule has 1 rings (SSSR count). The molecule has 122 valence electrons. The quantitative estimate of drug-likeness (QED) is 0.775. The van der Waals surface area contributed by atoms with Gasteiger partial charge in [-0.25, -0.2) is 0 Å². The molecule has 6 heteroatoms. The maximum atomic E-state index is 11.7. The summed E-state index contributed by atoms with van der Waals surface area (Å²) in [5.41, 5.74) is 0.411. The van der Waals surface area contributed by atoms with Crippen LogP contribution in [0.1, 0.15) is 39.2 Å². The number of rotatable bonds is 6. The standard InChI is InChI=1S/C16H22Cl2N2O2/c1-16(2,3)15(22)19-8-4-5-14(21)20-10-11-6-7-12(17)9-13(11)18/h6-7,9H,4-5,8,10H2,1-3H3,(H,19,22)(H,20,21). The number of hydrogen-bond donors (Lipinski definition) is 2. The Kier molecular flexibility index (Phi) is 7.17. The maximum absolute atomic E-state index is 11.7. The predicted molar refractivity (Wildman–Crippen MR) is 90.0 cm³/mol. The molecule has 0 unspecified atom stereocenters. The van der Waals surface area contributed by atoms with Gasteiger partial charge in [-0.2, -0.15) is 0 Å². The molecular weight excluding hydrogens is 323 g/mol. The van der Waals surface area contributed by atoms with Crippen LogP contribution < -0.4 is 10.6 Å². The SMILES string of the molecule is CC(C)(C)C(=O)NCCCC(=O)NCc1ccc(Cl)cc1Cl. The van der Waals surface area contributed by atoms with Crippen LogP contribution in [0.15, 0.2) is 18.2 Å². The van der Waals surface area contributed by atoms with Crippen LogP contribution in [0.4, 0.5) is 0 Å². The van der Waals surface area contributed by atoms with Crippen molar-refractivity contribution in [2.24, 2.45) is 5.41 Å². The molecule has 0 bridgehead atoms. The summed E-state index contributed by atoms with van der Waals surface area (Å²) in [6.45, 7) is 6.41.